The number of epoxide rings is 1. The van der Waals surface area contributed by atoms with Gasteiger partial charge in [0.1, 0.15) is 36.1 Å². The molecule has 0 bridgehead atoms. The van der Waals surface area contributed by atoms with E-state index in [2.05, 4.69) is 0 Å². The summed E-state index contributed by atoms with van der Waals surface area (Å²) in [6.45, 7) is -0.908. The van der Waals surface area contributed by atoms with Crippen LogP contribution < -0.4 is 0 Å². The molecule has 3 fully saturated rings. The van der Waals surface area contributed by atoms with E-state index in [0.29, 0.717) is 0 Å². The summed E-state index contributed by atoms with van der Waals surface area (Å²) in [4.78, 5) is 0. The Morgan fingerprint density at radius 3 is 2.40 bits per heavy atom. The molecule has 142 valence electrons. The molecule has 4 aliphatic rings. The van der Waals surface area contributed by atoms with Crippen molar-refractivity contribution in [2.45, 2.75) is 54.8 Å². The van der Waals surface area contributed by atoms with E-state index in [1.54, 1.807) is 6.08 Å². The van der Waals surface area contributed by atoms with Crippen molar-refractivity contribution in [3.63, 3.8) is 0 Å². The van der Waals surface area contributed by atoms with Crippen LogP contribution >= 0.6 is 0 Å². The van der Waals surface area contributed by atoms with Gasteiger partial charge in [0.2, 0.25) is 6.29 Å². The Morgan fingerprint density at radius 2 is 1.72 bits per heavy atom. The normalized spacial score (nSPS) is 56.9. The highest BCUT2D eigenvalue weighted by molar-refractivity contribution is 5.24. The highest BCUT2D eigenvalue weighted by atomic mass is 16.8. The molecule has 3 heterocycles. The number of rotatable bonds is 4. The van der Waals surface area contributed by atoms with Crippen molar-refractivity contribution in [2.75, 3.05) is 13.2 Å². The average molecular weight is 362 g/mol. The first-order chi connectivity index (χ1) is 11.9. The molecule has 4 rings (SSSR count). The second kappa shape index (κ2) is 6.12. The molecule has 11 atom stereocenters. The van der Waals surface area contributed by atoms with Crippen LogP contribution in [-0.4, -0.2) is 98.7 Å². The molecule has 0 unspecified atom stereocenters. The van der Waals surface area contributed by atoms with E-state index in [1.807, 2.05) is 0 Å². The van der Waals surface area contributed by atoms with E-state index < -0.39 is 67.3 Å². The van der Waals surface area contributed by atoms with E-state index in [-0.39, 0.29) is 12.5 Å². The van der Waals surface area contributed by atoms with Crippen LogP contribution in [0.25, 0.3) is 0 Å². The zero-order valence-corrected chi connectivity index (χ0v) is 13.2. The van der Waals surface area contributed by atoms with Crippen molar-refractivity contribution in [3.05, 3.63) is 12.3 Å². The minimum Gasteiger partial charge on any atom is -0.472 e. The lowest BCUT2D eigenvalue weighted by atomic mass is 9.85. The monoisotopic (exact) mass is 362 g/mol. The van der Waals surface area contributed by atoms with Crippen LogP contribution in [0, 0.1) is 11.8 Å². The van der Waals surface area contributed by atoms with Crippen LogP contribution in [0.4, 0.5) is 0 Å². The van der Waals surface area contributed by atoms with E-state index in [9.17, 15) is 30.6 Å². The van der Waals surface area contributed by atoms with Gasteiger partial charge in [-0.15, -0.1) is 0 Å². The van der Waals surface area contributed by atoms with Gasteiger partial charge < -0.3 is 49.6 Å². The Balaban J connectivity index is 1.53. The summed E-state index contributed by atoms with van der Waals surface area (Å²) in [6.07, 6.45) is -6.47. The SMILES string of the molecule is OC[C@H]1O[C@@H](O[C@@H]2OC=C[C@@H]3[C@H](O)[C@@H]4O[C@]4(CO)[C@H]23)[C@H](O)[C@@H](O)[C@@H]1O. The predicted octanol–water partition coefficient (Wildman–Crippen LogP) is -3.59. The molecule has 0 spiro atoms. The zero-order valence-electron chi connectivity index (χ0n) is 13.2. The maximum absolute atomic E-state index is 10.3. The minimum absolute atomic E-state index is 0.332. The van der Waals surface area contributed by atoms with Crippen molar-refractivity contribution in [1.29, 1.82) is 0 Å². The topological polar surface area (TPSA) is 162 Å². The molecule has 1 saturated carbocycles. The van der Waals surface area contributed by atoms with Crippen LogP contribution in [0.2, 0.25) is 0 Å². The highest BCUT2D eigenvalue weighted by Crippen LogP contribution is 2.59. The lowest BCUT2D eigenvalue weighted by Gasteiger charge is -2.43. The molecule has 3 aliphatic heterocycles. The number of aliphatic hydroxyl groups is 6. The van der Waals surface area contributed by atoms with Crippen molar-refractivity contribution in [1.82, 2.24) is 0 Å². The lowest BCUT2D eigenvalue weighted by molar-refractivity contribution is -0.344. The smallest absolute Gasteiger partial charge is 0.208 e. The fourth-order valence-electron chi connectivity index (χ4n) is 4.17. The van der Waals surface area contributed by atoms with Crippen LogP contribution in [0.5, 0.6) is 0 Å². The Labute approximate surface area is 142 Å². The Bertz CT molecular complexity index is 540. The third-order valence-corrected chi connectivity index (χ3v) is 5.62. The summed E-state index contributed by atoms with van der Waals surface area (Å²) in [5.41, 5.74) is -0.992. The van der Waals surface area contributed by atoms with Crippen LogP contribution in [0.1, 0.15) is 0 Å². The van der Waals surface area contributed by atoms with Gasteiger partial charge in [-0.3, -0.25) is 0 Å². The van der Waals surface area contributed by atoms with Gasteiger partial charge in [0, 0.05) is 5.92 Å². The maximum atomic E-state index is 10.3. The first-order valence-electron chi connectivity index (χ1n) is 8.19. The summed E-state index contributed by atoms with van der Waals surface area (Å²) < 4.78 is 21.9. The third-order valence-electron chi connectivity index (χ3n) is 5.62. The van der Waals surface area contributed by atoms with E-state index in [0.717, 1.165) is 0 Å². The van der Waals surface area contributed by atoms with Crippen molar-refractivity contribution >= 4 is 0 Å². The van der Waals surface area contributed by atoms with Gasteiger partial charge in [-0.05, 0) is 6.08 Å². The summed E-state index contributed by atoms with van der Waals surface area (Å²) >= 11 is 0. The Morgan fingerprint density at radius 1 is 0.960 bits per heavy atom. The number of fused-ring (bicyclic) bond motifs is 3. The van der Waals surface area contributed by atoms with Gasteiger partial charge >= 0.3 is 0 Å². The van der Waals surface area contributed by atoms with E-state index >= 15 is 0 Å². The number of ether oxygens (including phenoxy) is 4. The minimum atomic E-state index is -1.57. The average Bonchev–Trinajstić information content (AvgIpc) is 3.31. The summed E-state index contributed by atoms with van der Waals surface area (Å²) in [7, 11) is 0. The second-order valence-corrected chi connectivity index (χ2v) is 6.91. The lowest BCUT2D eigenvalue weighted by Crippen LogP contribution is -2.60. The predicted molar refractivity (Wildman–Crippen MR) is 76.5 cm³/mol. The molecular weight excluding hydrogens is 340 g/mol. The first-order valence-corrected chi connectivity index (χ1v) is 8.19. The molecule has 10 nitrogen and oxygen atoms in total. The van der Waals surface area contributed by atoms with Crippen molar-refractivity contribution in [2.24, 2.45) is 11.8 Å². The molecule has 0 aromatic rings. The molecule has 2 saturated heterocycles. The van der Waals surface area contributed by atoms with E-state index in [4.69, 9.17) is 18.9 Å². The molecule has 0 aromatic heterocycles. The van der Waals surface area contributed by atoms with Crippen molar-refractivity contribution < 1.29 is 49.6 Å². The molecule has 0 aromatic carbocycles. The standard InChI is InChI=1S/C15H22O10/c16-3-6-9(19)10(20)11(21)14(23-6)24-13-7-5(1-2-22-13)8(18)12-15(7,4-17)25-12/h1-2,5-14,16-21H,3-4H2/t5-,6+,7-,8-,9+,10-,11+,12-,13-,14-,15+/m0/s1. The summed E-state index contributed by atoms with van der Waals surface area (Å²) in [5, 5.41) is 59.0. The van der Waals surface area contributed by atoms with Crippen molar-refractivity contribution in [3.8, 4) is 0 Å². The number of aliphatic hydroxyl groups excluding tert-OH is 6. The molecule has 25 heavy (non-hydrogen) atoms. The third kappa shape index (κ3) is 2.45. The second-order valence-electron chi connectivity index (χ2n) is 6.91. The van der Waals surface area contributed by atoms with Crippen LogP contribution in [-0.2, 0) is 18.9 Å². The van der Waals surface area contributed by atoms with Gasteiger partial charge in [0.15, 0.2) is 6.29 Å². The van der Waals surface area contributed by atoms with Gasteiger partial charge in [0.05, 0.1) is 31.5 Å². The first kappa shape index (κ1) is 17.6. The zero-order chi connectivity index (χ0) is 17.9. The van der Waals surface area contributed by atoms with Gasteiger partial charge in [0.25, 0.3) is 0 Å². The Hall–Kier alpha value is -0.820. The number of hydrogen-bond acceptors (Lipinski definition) is 10. The molecule has 1 aliphatic carbocycles. The molecular formula is C15H22O10. The fraction of sp³-hybridized carbons (Fsp3) is 0.867. The molecule has 6 N–H and O–H groups in total. The summed E-state index contributed by atoms with van der Waals surface area (Å²) in [6, 6.07) is 0. The quantitative estimate of drug-likeness (QED) is 0.276. The summed E-state index contributed by atoms with van der Waals surface area (Å²) in [5.74, 6) is -0.913. The number of hydrogen-bond donors (Lipinski definition) is 6. The van der Waals surface area contributed by atoms with Gasteiger partial charge in [-0.2, -0.15) is 0 Å². The molecule has 0 amide bonds. The molecule has 10 heteroatoms. The van der Waals surface area contributed by atoms with Gasteiger partial charge in [-0.1, -0.05) is 0 Å². The van der Waals surface area contributed by atoms with Crippen LogP contribution in [0.3, 0.4) is 0 Å². The highest BCUT2D eigenvalue weighted by Gasteiger charge is 2.75. The van der Waals surface area contributed by atoms with Crippen LogP contribution in [0.15, 0.2) is 12.3 Å². The fourth-order valence-corrected chi connectivity index (χ4v) is 4.17. The van der Waals surface area contributed by atoms with E-state index in [1.165, 1.54) is 6.26 Å². The maximum Gasteiger partial charge on any atom is 0.208 e. The largest absolute Gasteiger partial charge is 0.472 e. The molecule has 0 radical (unpaired) electrons. The Kier molecular flexibility index (Phi) is 4.30. The van der Waals surface area contributed by atoms with Gasteiger partial charge in [-0.25, -0.2) is 0 Å².